The van der Waals surface area contributed by atoms with Crippen LogP contribution in [0.5, 0.6) is 0 Å². The SMILES string of the molecule is NC(CCc1ccccc1)C(=O)NCCn1cccn1. The van der Waals surface area contributed by atoms with Gasteiger partial charge in [0.15, 0.2) is 0 Å². The number of aryl methyl sites for hydroxylation is 1. The largest absolute Gasteiger partial charge is 0.353 e. The van der Waals surface area contributed by atoms with Crippen molar-refractivity contribution >= 4 is 5.91 Å². The van der Waals surface area contributed by atoms with E-state index in [2.05, 4.69) is 10.4 Å². The average Bonchev–Trinajstić information content (AvgIpc) is 2.99. The topological polar surface area (TPSA) is 72.9 Å². The van der Waals surface area contributed by atoms with Gasteiger partial charge in [0.25, 0.3) is 0 Å². The summed E-state index contributed by atoms with van der Waals surface area (Å²) in [4.78, 5) is 11.8. The Bertz CT molecular complexity index is 510. The Balaban J connectivity index is 1.66. The minimum absolute atomic E-state index is 0.104. The van der Waals surface area contributed by atoms with Crippen LogP contribution in [-0.2, 0) is 17.8 Å². The molecule has 0 saturated carbocycles. The first-order valence-corrected chi connectivity index (χ1v) is 6.80. The molecule has 0 radical (unpaired) electrons. The van der Waals surface area contributed by atoms with Crippen molar-refractivity contribution in [1.82, 2.24) is 15.1 Å². The highest BCUT2D eigenvalue weighted by atomic mass is 16.2. The molecule has 5 nitrogen and oxygen atoms in total. The number of nitrogens with one attached hydrogen (secondary N) is 1. The van der Waals surface area contributed by atoms with E-state index in [1.165, 1.54) is 5.56 Å². The molecule has 0 spiro atoms. The number of carbonyl (C=O) groups is 1. The molecule has 1 unspecified atom stereocenters. The predicted octanol–water partition coefficient (Wildman–Crippen LogP) is 0.959. The molecule has 1 aromatic carbocycles. The van der Waals surface area contributed by atoms with Crippen LogP contribution >= 0.6 is 0 Å². The van der Waals surface area contributed by atoms with Crippen LogP contribution in [0.3, 0.4) is 0 Å². The van der Waals surface area contributed by atoms with Gasteiger partial charge >= 0.3 is 0 Å². The Hall–Kier alpha value is -2.14. The van der Waals surface area contributed by atoms with Crippen LogP contribution in [0.25, 0.3) is 0 Å². The summed E-state index contributed by atoms with van der Waals surface area (Å²) in [5.74, 6) is -0.104. The van der Waals surface area contributed by atoms with E-state index < -0.39 is 6.04 Å². The zero-order valence-corrected chi connectivity index (χ0v) is 11.4. The van der Waals surface area contributed by atoms with E-state index in [0.29, 0.717) is 19.5 Å². The fourth-order valence-electron chi connectivity index (χ4n) is 1.96. The zero-order chi connectivity index (χ0) is 14.2. The minimum atomic E-state index is -0.465. The number of amides is 1. The van der Waals surface area contributed by atoms with E-state index in [0.717, 1.165) is 6.42 Å². The molecule has 0 aliphatic carbocycles. The van der Waals surface area contributed by atoms with Crippen LogP contribution in [-0.4, -0.2) is 28.3 Å². The third-order valence-corrected chi connectivity index (χ3v) is 3.12. The second-order valence-corrected chi connectivity index (χ2v) is 4.69. The van der Waals surface area contributed by atoms with Gasteiger partial charge in [-0.15, -0.1) is 0 Å². The Kier molecular flexibility index (Phi) is 5.32. The lowest BCUT2D eigenvalue weighted by molar-refractivity contribution is -0.122. The second-order valence-electron chi connectivity index (χ2n) is 4.69. The number of benzene rings is 1. The number of hydrogen-bond acceptors (Lipinski definition) is 3. The molecule has 2 aromatic rings. The molecule has 0 fully saturated rings. The maximum atomic E-state index is 11.8. The number of rotatable bonds is 7. The van der Waals surface area contributed by atoms with Gasteiger partial charge in [-0.25, -0.2) is 0 Å². The van der Waals surface area contributed by atoms with Gasteiger partial charge in [0.05, 0.1) is 12.6 Å². The van der Waals surface area contributed by atoms with Gasteiger partial charge in [-0.05, 0) is 24.5 Å². The minimum Gasteiger partial charge on any atom is -0.353 e. The van der Waals surface area contributed by atoms with Crippen molar-refractivity contribution < 1.29 is 4.79 Å². The molecule has 0 aliphatic heterocycles. The Morgan fingerprint density at radius 1 is 1.30 bits per heavy atom. The van der Waals surface area contributed by atoms with Crippen molar-refractivity contribution in [3.63, 3.8) is 0 Å². The van der Waals surface area contributed by atoms with Crippen LogP contribution in [0.1, 0.15) is 12.0 Å². The van der Waals surface area contributed by atoms with Gasteiger partial charge in [0.2, 0.25) is 5.91 Å². The number of nitrogens with zero attached hydrogens (tertiary/aromatic N) is 2. The van der Waals surface area contributed by atoms with Gasteiger partial charge in [-0.1, -0.05) is 30.3 Å². The van der Waals surface area contributed by atoms with E-state index >= 15 is 0 Å². The molecule has 20 heavy (non-hydrogen) atoms. The van der Waals surface area contributed by atoms with Crippen molar-refractivity contribution in [3.05, 3.63) is 54.4 Å². The number of hydrogen-bond donors (Lipinski definition) is 2. The summed E-state index contributed by atoms with van der Waals surface area (Å²) in [6, 6.07) is 11.4. The van der Waals surface area contributed by atoms with Gasteiger partial charge in [-0.2, -0.15) is 5.10 Å². The van der Waals surface area contributed by atoms with E-state index in [9.17, 15) is 4.79 Å². The van der Waals surface area contributed by atoms with Crippen LogP contribution in [0, 0.1) is 0 Å². The van der Waals surface area contributed by atoms with Gasteiger partial charge in [0.1, 0.15) is 0 Å². The first-order valence-electron chi connectivity index (χ1n) is 6.80. The highest BCUT2D eigenvalue weighted by Crippen LogP contribution is 2.03. The molecule has 1 atom stereocenters. The van der Waals surface area contributed by atoms with E-state index in [1.54, 1.807) is 10.9 Å². The molecule has 0 bridgehead atoms. The molecule has 0 aliphatic rings. The maximum absolute atomic E-state index is 11.8. The summed E-state index contributed by atoms with van der Waals surface area (Å²) in [5.41, 5.74) is 7.09. The number of aromatic nitrogens is 2. The Morgan fingerprint density at radius 3 is 2.80 bits per heavy atom. The average molecular weight is 272 g/mol. The summed E-state index contributed by atoms with van der Waals surface area (Å²) in [6.07, 6.45) is 5.04. The van der Waals surface area contributed by atoms with Gasteiger partial charge in [-0.3, -0.25) is 9.48 Å². The third kappa shape index (κ3) is 4.51. The van der Waals surface area contributed by atoms with Crippen molar-refractivity contribution in [3.8, 4) is 0 Å². The molecule has 2 rings (SSSR count). The van der Waals surface area contributed by atoms with Crippen LogP contribution in [0.4, 0.5) is 0 Å². The molecular formula is C15H20N4O. The third-order valence-electron chi connectivity index (χ3n) is 3.12. The summed E-state index contributed by atoms with van der Waals surface area (Å²) >= 11 is 0. The summed E-state index contributed by atoms with van der Waals surface area (Å²) in [5, 5.41) is 6.90. The second kappa shape index (κ2) is 7.45. The normalized spacial score (nSPS) is 12.1. The van der Waals surface area contributed by atoms with Crippen molar-refractivity contribution in [2.45, 2.75) is 25.4 Å². The van der Waals surface area contributed by atoms with E-state index in [1.807, 2.05) is 42.6 Å². The quantitative estimate of drug-likeness (QED) is 0.788. The van der Waals surface area contributed by atoms with Gasteiger partial charge < -0.3 is 11.1 Å². The highest BCUT2D eigenvalue weighted by molar-refractivity contribution is 5.81. The van der Waals surface area contributed by atoms with Crippen molar-refractivity contribution in [1.29, 1.82) is 0 Å². The lowest BCUT2D eigenvalue weighted by Crippen LogP contribution is -2.42. The summed E-state index contributed by atoms with van der Waals surface area (Å²) in [7, 11) is 0. The maximum Gasteiger partial charge on any atom is 0.236 e. The fraction of sp³-hybridized carbons (Fsp3) is 0.333. The standard InChI is InChI=1S/C15H20N4O/c16-14(8-7-13-5-2-1-3-6-13)15(20)17-10-12-19-11-4-9-18-19/h1-6,9,11,14H,7-8,10,12,16H2,(H,17,20). The summed E-state index contributed by atoms with van der Waals surface area (Å²) in [6.45, 7) is 1.20. The van der Waals surface area contributed by atoms with Crippen LogP contribution < -0.4 is 11.1 Å². The number of nitrogens with two attached hydrogens (primary N) is 1. The molecule has 1 heterocycles. The highest BCUT2D eigenvalue weighted by Gasteiger charge is 2.12. The lowest BCUT2D eigenvalue weighted by atomic mass is 10.1. The van der Waals surface area contributed by atoms with E-state index in [-0.39, 0.29) is 5.91 Å². The first-order chi connectivity index (χ1) is 9.75. The molecule has 106 valence electrons. The van der Waals surface area contributed by atoms with Crippen LogP contribution in [0.2, 0.25) is 0 Å². The Labute approximate surface area is 118 Å². The Morgan fingerprint density at radius 2 is 2.10 bits per heavy atom. The molecule has 0 saturated heterocycles. The molecule has 3 N–H and O–H groups in total. The van der Waals surface area contributed by atoms with Gasteiger partial charge in [0, 0.05) is 18.9 Å². The van der Waals surface area contributed by atoms with E-state index in [4.69, 9.17) is 5.73 Å². The lowest BCUT2D eigenvalue weighted by Gasteiger charge is -2.12. The molecule has 1 amide bonds. The van der Waals surface area contributed by atoms with Crippen molar-refractivity contribution in [2.24, 2.45) is 5.73 Å². The first kappa shape index (κ1) is 14.3. The zero-order valence-electron chi connectivity index (χ0n) is 11.4. The smallest absolute Gasteiger partial charge is 0.236 e. The molecule has 5 heteroatoms. The molecular weight excluding hydrogens is 252 g/mol. The monoisotopic (exact) mass is 272 g/mol. The van der Waals surface area contributed by atoms with Crippen LogP contribution in [0.15, 0.2) is 48.8 Å². The van der Waals surface area contributed by atoms with Crippen molar-refractivity contribution in [2.75, 3.05) is 6.54 Å². The fourth-order valence-corrected chi connectivity index (χ4v) is 1.96. The predicted molar refractivity (Wildman–Crippen MR) is 78.0 cm³/mol. The molecule has 1 aromatic heterocycles. The number of carbonyl (C=O) groups excluding carboxylic acids is 1. The summed E-state index contributed by atoms with van der Waals surface area (Å²) < 4.78 is 1.77.